The fourth-order valence-electron chi connectivity index (χ4n) is 2.66. The molecule has 2 heteroatoms. The molecule has 0 radical (unpaired) electrons. The smallest absolute Gasteiger partial charge is 0.137 e. The van der Waals surface area contributed by atoms with Crippen LogP contribution in [0.2, 0.25) is 0 Å². The molecular weight excluding hydrogens is 260 g/mol. The molecule has 1 heterocycles. The number of aryl methyl sites for hydroxylation is 1. The first-order chi connectivity index (χ1) is 10.1. The largest absolute Gasteiger partial charge is 0.489 e. The predicted molar refractivity (Wildman–Crippen MR) is 85.3 cm³/mol. The minimum absolute atomic E-state index is 0.115. The zero-order valence-electron chi connectivity index (χ0n) is 12.9. The SMILES string of the molecule is Cc1ccc(C(C)C)cc1OCC1Cc2ccccc2O1. The molecule has 1 unspecified atom stereocenters. The van der Waals surface area contributed by atoms with Gasteiger partial charge in [-0.3, -0.25) is 0 Å². The molecule has 1 atom stereocenters. The summed E-state index contributed by atoms with van der Waals surface area (Å²) in [5.41, 5.74) is 3.76. The van der Waals surface area contributed by atoms with E-state index in [2.05, 4.69) is 51.1 Å². The third-order valence-electron chi connectivity index (χ3n) is 4.02. The molecule has 3 rings (SSSR count). The number of rotatable bonds is 4. The van der Waals surface area contributed by atoms with Crippen molar-refractivity contribution in [2.24, 2.45) is 0 Å². The molecule has 0 fully saturated rings. The Morgan fingerprint density at radius 3 is 2.76 bits per heavy atom. The lowest BCUT2D eigenvalue weighted by atomic mass is 10.0. The minimum atomic E-state index is 0.115. The second-order valence-corrected chi connectivity index (χ2v) is 6.04. The van der Waals surface area contributed by atoms with Gasteiger partial charge in [-0.25, -0.2) is 0 Å². The molecule has 0 saturated carbocycles. The van der Waals surface area contributed by atoms with E-state index in [1.54, 1.807) is 0 Å². The normalized spacial score (nSPS) is 16.7. The first-order valence-electron chi connectivity index (χ1n) is 7.61. The van der Waals surface area contributed by atoms with Crippen molar-refractivity contribution in [1.82, 2.24) is 0 Å². The Morgan fingerprint density at radius 1 is 1.19 bits per heavy atom. The Balaban J connectivity index is 1.65. The van der Waals surface area contributed by atoms with E-state index < -0.39 is 0 Å². The van der Waals surface area contributed by atoms with E-state index in [-0.39, 0.29) is 6.10 Å². The molecule has 1 aliphatic heterocycles. The zero-order chi connectivity index (χ0) is 14.8. The van der Waals surface area contributed by atoms with Crippen LogP contribution in [0.3, 0.4) is 0 Å². The van der Waals surface area contributed by atoms with E-state index in [1.165, 1.54) is 16.7 Å². The van der Waals surface area contributed by atoms with Crippen LogP contribution >= 0.6 is 0 Å². The highest BCUT2D eigenvalue weighted by Gasteiger charge is 2.23. The summed E-state index contributed by atoms with van der Waals surface area (Å²) in [6, 6.07) is 14.7. The van der Waals surface area contributed by atoms with Crippen molar-refractivity contribution >= 4 is 0 Å². The van der Waals surface area contributed by atoms with E-state index in [0.717, 1.165) is 17.9 Å². The van der Waals surface area contributed by atoms with Crippen molar-refractivity contribution in [3.8, 4) is 11.5 Å². The molecule has 110 valence electrons. The predicted octanol–water partition coefficient (Wildman–Crippen LogP) is 4.50. The quantitative estimate of drug-likeness (QED) is 0.822. The lowest BCUT2D eigenvalue weighted by Crippen LogP contribution is -2.22. The van der Waals surface area contributed by atoms with Gasteiger partial charge in [-0.1, -0.05) is 44.2 Å². The van der Waals surface area contributed by atoms with E-state index in [9.17, 15) is 0 Å². The number of hydrogen-bond donors (Lipinski definition) is 0. The van der Waals surface area contributed by atoms with Crippen LogP contribution in [0.4, 0.5) is 0 Å². The molecule has 0 amide bonds. The Bertz CT molecular complexity index is 606. The molecule has 1 aliphatic rings. The molecule has 0 spiro atoms. The summed E-state index contributed by atoms with van der Waals surface area (Å²) in [4.78, 5) is 0. The van der Waals surface area contributed by atoms with Crippen LogP contribution in [0.25, 0.3) is 0 Å². The monoisotopic (exact) mass is 282 g/mol. The summed E-state index contributed by atoms with van der Waals surface area (Å²) in [7, 11) is 0. The fraction of sp³-hybridized carbons (Fsp3) is 0.368. The highest BCUT2D eigenvalue weighted by atomic mass is 16.5. The lowest BCUT2D eigenvalue weighted by Gasteiger charge is -2.16. The molecule has 0 aromatic heterocycles. The van der Waals surface area contributed by atoms with Crippen molar-refractivity contribution in [2.45, 2.75) is 39.2 Å². The first kappa shape index (κ1) is 14.0. The van der Waals surface area contributed by atoms with Crippen molar-refractivity contribution < 1.29 is 9.47 Å². The van der Waals surface area contributed by atoms with Gasteiger partial charge < -0.3 is 9.47 Å². The Morgan fingerprint density at radius 2 is 2.00 bits per heavy atom. The van der Waals surface area contributed by atoms with Crippen LogP contribution in [0.15, 0.2) is 42.5 Å². The third-order valence-corrected chi connectivity index (χ3v) is 4.02. The number of benzene rings is 2. The van der Waals surface area contributed by atoms with Gasteiger partial charge in [0.05, 0.1) is 0 Å². The van der Waals surface area contributed by atoms with Crippen LogP contribution in [-0.4, -0.2) is 12.7 Å². The molecule has 0 N–H and O–H groups in total. The van der Waals surface area contributed by atoms with Gasteiger partial charge in [-0.2, -0.15) is 0 Å². The summed E-state index contributed by atoms with van der Waals surface area (Å²) in [6.45, 7) is 7.08. The van der Waals surface area contributed by atoms with Crippen molar-refractivity contribution in [3.05, 3.63) is 59.2 Å². The highest BCUT2D eigenvalue weighted by Crippen LogP contribution is 2.29. The van der Waals surface area contributed by atoms with Gasteiger partial charge in [0.15, 0.2) is 0 Å². The second kappa shape index (κ2) is 5.80. The summed E-state index contributed by atoms with van der Waals surface area (Å²) < 4.78 is 11.9. The molecule has 0 bridgehead atoms. The zero-order valence-corrected chi connectivity index (χ0v) is 12.9. The molecule has 2 aromatic rings. The number of fused-ring (bicyclic) bond motifs is 1. The molecule has 0 aliphatic carbocycles. The molecule has 2 nitrogen and oxygen atoms in total. The number of para-hydroxylation sites is 1. The summed E-state index contributed by atoms with van der Waals surface area (Å²) in [6.07, 6.45) is 1.04. The summed E-state index contributed by atoms with van der Waals surface area (Å²) in [5, 5.41) is 0. The van der Waals surface area contributed by atoms with Gasteiger partial charge in [-0.15, -0.1) is 0 Å². The average molecular weight is 282 g/mol. The second-order valence-electron chi connectivity index (χ2n) is 6.04. The van der Waals surface area contributed by atoms with Gasteiger partial charge in [0.1, 0.15) is 24.2 Å². The van der Waals surface area contributed by atoms with E-state index >= 15 is 0 Å². The average Bonchev–Trinajstić information content (AvgIpc) is 2.89. The maximum absolute atomic E-state index is 6.02. The molecule has 21 heavy (non-hydrogen) atoms. The van der Waals surface area contributed by atoms with Gasteiger partial charge >= 0.3 is 0 Å². The Labute approximate surface area is 126 Å². The van der Waals surface area contributed by atoms with Gasteiger partial charge in [0.2, 0.25) is 0 Å². The van der Waals surface area contributed by atoms with E-state index in [1.807, 2.05) is 12.1 Å². The maximum Gasteiger partial charge on any atom is 0.137 e. The lowest BCUT2D eigenvalue weighted by molar-refractivity contribution is 0.148. The molecule has 2 aromatic carbocycles. The van der Waals surface area contributed by atoms with E-state index in [0.29, 0.717) is 12.5 Å². The standard InChI is InChI=1S/C19H22O2/c1-13(2)15-9-8-14(3)19(11-15)20-12-17-10-16-6-4-5-7-18(16)21-17/h4-9,11,13,17H,10,12H2,1-3H3. The van der Waals surface area contributed by atoms with E-state index in [4.69, 9.17) is 9.47 Å². The first-order valence-corrected chi connectivity index (χ1v) is 7.61. The van der Waals surface area contributed by atoms with Gasteiger partial charge in [0, 0.05) is 6.42 Å². The van der Waals surface area contributed by atoms with Crippen LogP contribution < -0.4 is 9.47 Å². The van der Waals surface area contributed by atoms with Crippen LogP contribution in [0.5, 0.6) is 11.5 Å². The van der Waals surface area contributed by atoms with Gasteiger partial charge in [-0.05, 0) is 41.7 Å². The van der Waals surface area contributed by atoms with Crippen LogP contribution in [-0.2, 0) is 6.42 Å². The molecule has 0 saturated heterocycles. The Hall–Kier alpha value is -1.96. The molecular formula is C19H22O2. The summed E-state index contributed by atoms with van der Waals surface area (Å²) >= 11 is 0. The van der Waals surface area contributed by atoms with Gasteiger partial charge in [0.25, 0.3) is 0 Å². The minimum Gasteiger partial charge on any atom is -0.489 e. The van der Waals surface area contributed by atoms with Crippen molar-refractivity contribution in [1.29, 1.82) is 0 Å². The van der Waals surface area contributed by atoms with Crippen LogP contribution in [0.1, 0.15) is 36.5 Å². The third kappa shape index (κ3) is 3.05. The number of hydrogen-bond acceptors (Lipinski definition) is 2. The fourth-order valence-corrected chi connectivity index (χ4v) is 2.66. The Kier molecular flexibility index (Phi) is 3.87. The van der Waals surface area contributed by atoms with Crippen molar-refractivity contribution in [2.75, 3.05) is 6.61 Å². The summed E-state index contributed by atoms with van der Waals surface area (Å²) in [5.74, 6) is 2.49. The van der Waals surface area contributed by atoms with Crippen molar-refractivity contribution in [3.63, 3.8) is 0 Å². The van der Waals surface area contributed by atoms with Crippen LogP contribution in [0, 0.1) is 6.92 Å². The number of ether oxygens (including phenoxy) is 2. The topological polar surface area (TPSA) is 18.5 Å². The maximum atomic E-state index is 6.02. The highest BCUT2D eigenvalue weighted by molar-refractivity contribution is 5.39.